The predicted octanol–water partition coefficient (Wildman–Crippen LogP) is 4.04. The molecule has 1 fully saturated rings. The fraction of sp³-hybridized carbons (Fsp3) is 0.269. The van der Waals surface area contributed by atoms with Crippen molar-refractivity contribution in [3.8, 4) is 11.5 Å². The Morgan fingerprint density at radius 2 is 1.65 bits per heavy atom. The molecule has 8 heteroatoms. The van der Waals surface area contributed by atoms with Gasteiger partial charge in [-0.15, -0.1) is 0 Å². The normalized spacial score (nSPS) is 17.6. The van der Waals surface area contributed by atoms with Crippen molar-refractivity contribution in [2.24, 2.45) is 0 Å². The van der Waals surface area contributed by atoms with Gasteiger partial charge >= 0.3 is 6.03 Å². The number of rotatable bonds is 8. The number of carbonyl (C=O) groups excluding carboxylic acids is 3. The second kappa shape index (κ2) is 9.43. The monoisotopic (exact) mass is 461 g/mol. The lowest BCUT2D eigenvalue weighted by molar-refractivity contribution is -0.133. The topological polar surface area (TPSA) is 97.0 Å². The standard InChI is InChI=1S/C26H27N3O5/c1-4-33-21-13-12-20(15-22(21)34-5-2)27-23(30)16-29-24(31)26(3,28-25(29)32)19-11-10-17-8-6-7-9-18(17)14-19/h6-15H,4-5,16H2,1-3H3,(H,27,30)(H,28,32). The molecule has 0 aliphatic carbocycles. The Labute approximate surface area is 197 Å². The van der Waals surface area contributed by atoms with Gasteiger partial charge in [-0.25, -0.2) is 4.79 Å². The molecule has 34 heavy (non-hydrogen) atoms. The van der Waals surface area contributed by atoms with Crippen LogP contribution in [0.4, 0.5) is 10.5 Å². The SMILES string of the molecule is CCOc1ccc(NC(=O)CN2C(=O)NC(C)(c3ccc4ccccc4c3)C2=O)cc1OCC. The zero-order valence-corrected chi connectivity index (χ0v) is 19.4. The maximum Gasteiger partial charge on any atom is 0.325 e. The van der Waals surface area contributed by atoms with E-state index in [0.717, 1.165) is 15.7 Å². The smallest absolute Gasteiger partial charge is 0.325 e. The zero-order chi connectivity index (χ0) is 24.3. The van der Waals surface area contributed by atoms with E-state index in [1.54, 1.807) is 25.1 Å². The summed E-state index contributed by atoms with van der Waals surface area (Å²) < 4.78 is 11.1. The first-order valence-electron chi connectivity index (χ1n) is 11.2. The molecule has 0 spiro atoms. The Kier molecular flexibility index (Phi) is 6.40. The predicted molar refractivity (Wildman–Crippen MR) is 129 cm³/mol. The molecular weight excluding hydrogens is 434 g/mol. The van der Waals surface area contributed by atoms with Gasteiger partial charge in [0.2, 0.25) is 5.91 Å². The van der Waals surface area contributed by atoms with Gasteiger partial charge in [0, 0.05) is 11.8 Å². The molecule has 3 aromatic carbocycles. The molecule has 0 bridgehead atoms. The van der Waals surface area contributed by atoms with Crippen LogP contribution in [0.3, 0.4) is 0 Å². The maximum atomic E-state index is 13.2. The van der Waals surface area contributed by atoms with E-state index < -0.39 is 29.9 Å². The van der Waals surface area contributed by atoms with Gasteiger partial charge in [0.1, 0.15) is 12.1 Å². The molecule has 0 radical (unpaired) electrons. The van der Waals surface area contributed by atoms with Crippen molar-refractivity contribution in [3.63, 3.8) is 0 Å². The number of urea groups is 1. The number of nitrogens with one attached hydrogen (secondary N) is 2. The van der Waals surface area contributed by atoms with E-state index in [1.807, 2.05) is 56.3 Å². The fourth-order valence-corrected chi connectivity index (χ4v) is 4.01. The van der Waals surface area contributed by atoms with Crippen molar-refractivity contribution in [3.05, 3.63) is 66.2 Å². The van der Waals surface area contributed by atoms with Crippen LogP contribution in [0.1, 0.15) is 26.3 Å². The van der Waals surface area contributed by atoms with Crippen LogP contribution in [-0.2, 0) is 15.1 Å². The van der Waals surface area contributed by atoms with E-state index in [-0.39, 0.29) is 0 Å². The molecule has 1 aliphatic heterocycles. The number of ether oxygens (including phenoxy) is 2. The van der Waals surface area contributed by atoms with Crippen LogP contribution in [0.2, 0.25) is 0 Å². The highest BCUT2D eigenvalue weighted by molar-refractivity contribution is 6.10. The lowest BCUT2D eigenvalue weighted by Gasteiger charge is -2.22. The van der Waals surface area contributed by atoms with Crippen molar-refractivity contribution < 1.29 is 23.9 Å². The summed E-state index contributed by atoms with van der Waals surface area (Å²) in [5.74, 6) is 0.0890. The van der Waals surface area contributed by atoms with Crippen LogP contribution < -0.4 is 20.1 Å². The first-order chi connectivity index (χ1) is 16.4. The molecule has 1 saturated heterocycles. The molecule has 3 aromatic rings. The number of imide groups is 1. The van der Waals surface area contributed by atoms with E-state index in [0.29, 0.717) is 36.0 Å². The van der Waals surface area contributed by atoms with Gasteiger partial charge in [-0.3, -0.25) is 14.5 Å². The summed E-state index contributed by atoms with van der Waals surface area (Å²) >= 11 is 0. The van der Waals surface area contributed by atoms with Crippen LogP contribution in [0.25, 0.3) is 10.8 Å². The number of benzene rings is 3. The molecule has 176 valence electrons. The van der Waals surface area contributed by atoms with Crippen molar-refractivity contribution in [1.82, 2.24) is 10.2 Å². The molecular formula is C26H27N3O5. The largest absolute Gasteiger partial charge is 0.490 e. The summed E-state index contributed by atoms with van der Waals surface area (Å²) in [6.07, 6.45) is 0. The molecule has 1 unspecified atom stereocenters. The lowest BCUT2D eigenvalue weighted by atomic mass is 9.90. The average molecular weight is 462 g/mol. The van der Waals surface area contributed by atoms with E-state index in [9.17, 15) is 14.4 Å². The summed E-state index contributed by atoms with van der Waals surface area (Å²) in [5.41, 5.74) is -0.135. The number of hydrogen-bond donors (Lipinski definition) is 2. The minimum atomic E-state index is -1.26. The third-order valence-electron chi connectivity index (χ3n) is 5.73. The van der Waals surface area contributed by atoms with Crippen LogP contribution in [-0.4, -0.2) is 42.5 Å². The lowest BCUT2D eigenvalue weighted by Crippen LogP contribution is -2.42. The van der Waals surface area contributed by atoms with Gasteiger partial charge in [0.05, 0.1) is 13.2 Å². The van der Waals surface area contributed by atoms with Crippen LogP contribution in [0, 0.1) is 0 Å². The third-order valence-corrected chi connectivity index (χ3v) is 5.73. The van der Waals surface area contributed by atoms with Gasteiger partial charge in [-0.1, -0.05) is 36.4 Å². The van der Waals surface area contributed by atoms with Crippen LogP contribution >= 0.6 is 0 Å². The zero-order valence-electron chi connectivity index (χ0n) is 19.4. The third kappa shape index (κ3) is 4.39. The summed E-state index contributed by atoms with van der Waals surface area (Å²) in [6, 6.07) is 17.8. The second-order valence-corrected chi connectivity index (χ2v) is 8.08. The minimum absolute atomic E-state index is 0.412. The van der Waals surface area contributed by atoms with Gasteiger partial charge in [0.25, 0.3) is 5.91 Å². The first-order valence-corrected chi connectivity index (χ1v) is 11.2. The Bertz CT molecular complexity index is 1260. The summed E-state index contributed by atoms with van der Waals surface area (Å²) in [5, 5.41) is 7.46. The fourth-order valence-electron chi connectivity index (χ4n) is 4.01. The van der Waals surface area contributed by atoms with Crippen molar-refractivity contribution >= 4 is 34.3 Å². The Morgan fingerprint density at radius 3 is 2.38 bits per heavy atom. The highest BCUT2D eigenvalue weighted by atomic mass is 16.5. The van der Waals surface area contributed by atoms with E-state index in [1.165, 1.54) is 0 Å². The molecule has 4 amide bonds. The Morgan fingerprint density at radius 1 is 0.941 bits per heavy atom. The molecule has 4 rings (SSSR count). The molecule has 1 heterocycles. The Hall–Kier alpha value is -4.07. The van der Waals surface area contributed by atoms with Crippen LogP contribution in [0.15, 0.2) is 60.7 Å². The second-order valence-electron chi connectivity index (χ2n) is 8.08. The molecule has 0 saturated carbocycles. The molecule has 1 atom stereocenters. The first kappa shape index (κ1) is 23.1. The maximum absolute atomic E-state index is 13.2. The van der Waals surface area contributed by atoms with Gasteiger partial charge < -0.3 is 20.1 Å². The van der Waals surface area contributed by atoms with Gasteiger partial charge in [-0.2, -0.15) is 0 Å². The summed E-state index contributed by atoms with van der Waals surface area (Å²) in [7, 11) is 0. The summed E-state index contributed by atoms with van der Waals surface area (Å²) in [6.45, 7) is 5.88. The minimum Gasteiger partial charge on any atom is -0.490 e. The van der Waals surface area contributed by atoms with Gasteiger partial charge in [-0.05, 0) is 55.3 Å². The summed E-state index contributed by atoms with van der Waals surface area (Å²) in [4.78, 5) is 39.5. The number of nitrogens with zero attached hydrogens (tertiary/aromatic N) is 1. The number of anilines is 1. The van der Waals surface area contributed by atoms with Crippen molar-refractivity contribution in [1.29, 1.82) is 0 Å². The van der Waals surface area contributed by atoms with Crippen molar-refractivity contribution in [2.75, 3.05) is 25.1 Å². The quantitative estimate of drug-likeness (QED) is 0.494. The average Bonchev–Trinajstić information content (AvgIpc) is 3.04. The highest BCUT2D eigenvalue weighted by Gasteiger charge is 2.49. The van der Waals surface area contributed by atoms with E-state index in [2.05, 4.69) is 10.6 Å². The highest BCUT2D eigenvalue weighted by Crippen LogP contribution is 2.32. The number of fused-ring (bicyclic) bond motifs is 1. The van der Waals surface area contributed by atoms with E-state index >= 15 is 0 Å². The van der Waals surface area contributed by atoms with E-state index in [4.69, 9.17) is 9.47 Å². The molecule has 2 N–H and O–H groups in total. The molecule has 1 aliphatic rings. The number of hydrogen-bond acceptors (Lipinski definition) is 5. The Balaban J connectivity index is 1.49. The molecule has 8 nitrogen and oxygen atoms in total. The number of amides is 4. The number of carbonyl (C=O) groups is 3. The van der Waals surface area contributed by atoms with Crippen molar-refractivity contribution in [2.45, 2.75) is 26.3 Å². The van der Waals surface area contributed by atoms with Gasteiger partial charge in [0.15, 0.2) is 11.5 Å². The molecule has 0 aromatic heterocycles. The van der Waals surface area contributed by atoms with Crippen LogP contribution in [0.5, 0.6) is 11.5 Å².